The summed E-state index contributed by atoms with van der Waals surface area (Å²) in [5, 5.41) is 5.22. The van der Waals surface area contributed by atoms with Gasteiger partial charge in [0.1, 0.15) is 23.9 Å². The third kappa shape index (κ3) is 5.47. The number of rotatable bonds is 7. The molecule has 2 amide bonds. The summed E-state index contributed by atoms with van der Waals surface area (Å²) in [6.45, 7) is 1.17. The predicted octanol–water partition coefficient (Wildman–Crippen LogP) is 3.30. The van der Waals surface area contributed by atoms with Crippen LogP contribution in [-0.2, 0) is 17.8 Å². The molecule has 1 heterocycles. The molecule has 1 atom stereocenters. The number of aromatic nitrogens is 1. The highest BCUT2D eigenvalue weighted by Gasteiger charge is 2.21. The van der Waals surface area contributed by atoms with E-state index in [-0.39, 0.29) is 29.6 Å². The molecule has 8 heteroatoms. The molecule has 2 N–H and O–H groups in total. The van der Waals surface area contributed by atoms with E-state index in [4.69, 9.17) is 4.42 Å². The highest BCUT2D eigenvalue weighted by Crippen LogP contribution is 2.18. The Morgan fingerprint density at radius 2 is 1.90 bits per heavy atom. The van der Waals surface area contributed by atoms with Gasteiger partial charge in [0.2, 0.25) is 11.8 Å². The van der Waals surface area contributed by atoms with E-state index < -0.39 is 23.6 Å². The van der Waals surface area contributed by atoms with Gasteiger partial charge in [-0.05, 0) is 23.8 Å². The lowest BCUT2D eigenvalue weighted by atomic mass is 10.1. The molecule has 3 rings (SSSR count). The van der Waals surface area contributed by atoms with Gasteiger partial charge in [-0.2, -0.15) is 0 Å². The van der Waals surface area contributed by atoms with Gasteiger partial charge < -0.3 is 15.1 Å². The molecule has 1 aromatic heterocycles. The summed E-state index contributed by atoms with van der Waals surface area (Å²) in [4.78, 5) is 28.0. The summed E-state index contributed by atoms with van der Waals surface area (Å²) in [5.41, 5.74) is 0.944. The highest BCUT2D eigenvalue weighted by atomic mass is 19.1. The maximum atomic E-state index is 13.7. The number of amides is 2. The maximum absolute atomic E-state index is 13.7. The third-order valence-electron chi connectivity index (χ3n) is 4.16. The van der Waals surface area contributed by atoms with Gasteiger partial charge in [0.05, 0.1) is 0 Å². The molecular formula is C21H19F2N3O3. The van der Waals surface area contributed by atoms with Gasteiger partial charge in [0.25, 0.3) is 5.91 Å². The van der Waals surface area contributed by atoms with Crippen molar-refractivity contribution in [2.75, 3.05) is 0 Å². The summed E-state index contributed by atoms with van der Waals surface area (Å²) in [6, 6.07) is 11.9. The molecule has 0 spiro atoms. The number of carbonyl (C=O) groups is 2. The lowest BCUT2D eigenvalue weighted by Gasteiger charge is -2.14. The van der Waals surface area contributed by atoms with Gasteiger partial charge in [-0.3, -0.25) is 9.59 Å². The van der Waals surface area contributed by atoms with Crippen LogP contribution in [-0.4, -0.2) is 16.8 Å². The highest BCUT2D eigenvalue weighted by molar-refractivity contribution is 5.91. The van der Waals surface area contributed by atoms with Crippen LogP contribution in [0, 0.1) is 11.6 Å². The van der Waals surface area contributed by atoms with Gasteiger partial charge in [0, 0.05) is 25.5 Å². The fourth-order valence-corrected chi connectivity index (χ4v) is 2.79. The van der Waals surface area contributed by atoms with Gasteiger partial charge in [-0.1, -0.05) is 30.3 Å². The number of hydrogen-bond donors (Lipinski definition) is 2. The van der Waals surface area contributed by atoms with Crippen LogP contribution in [0.25, 0.3) is 0 Å². The quantitative estimate of drug-likeness (QED) is 0.639. The lowest BCUT2D eigenvalue weighted by Crippen LogP contribution is -2.28. The van der Waals surface area contributed by atoms with Crippen molar-refractivity contribution in [2.24, 2.45) is 0 Å². The van der Waals surface area contributed by atoms with Gasteiger partial charge in [-0.25, -0.2) is 13.8 Å². The van der Waals surface area contributed by atoms with Crippen molar-refractivity contribution in [1.82, 2.24) is 15.6 Å². The summed E-state index contributed by atoms with van der Waals surface area (Å²) in [5.74, 6) is -1.92. The van der Waals surface area contributed by atoms with E-state index in [0.717, 1.165) is 30.0 Å². The molecule has 3 aromatic rings. The van der Waals surface area contributed by atoms with E-state index >= 15 is 0 Å². The Morgan fingerprint density at radius 3 is 2.62 bits per heavy atom. The number of hydrogen-bond acceptors (Lipinski definition) is 4. The first kappa shape index (κ1) is 20.2. The van der Waals surface area contributed by atoms with Crippen LogP contribution in [0.1, 0.15) is 40.5 Å². The first-order chi connectivity index (χ1) is 13.9. The van der Waals surface area contributed by atoms with Crippen LogP contribution in [0.4, 0.5) is 8.78 Å². The summed E-state index contributed by atoms with van der Waals surface area (Å²) < 4.78 is 32.3. The fourth-order valence-electron chi connectivity index (χ4n) is 2.79. The SMILES string of the molecule is CC(=O)N[C@@H](Cc1ccccc1)c1nc(C(=O)NCc2cc(F)ccc2F)co1. The van der Waals surface area contributed by atoms with Crippen molar-refractivity contribution in [2.45, 2.75) is 25.9 Å². The maximum Gasteiger partial charge on any atom is 0.273 e. The summed E-state index contributed by atoms with van der Waals surface area (Å²) in [6.07, 6.45) is 1.59. The molecule has 2 aromatic carbocycles. The normalized spacial score (nSPS) is 11.7. The molecule has 0 saturated carbocycles. The van der Waals surface area contributed by atoms with Crippen molar-refractivity contribution >= 4 is 11.8 Å². The standard InChI is InChI=1S/C21H19F2N3O3/c1-13(27)25-18(9-14-5-3-2-4-6-14)21-26-19(12-29-21)20(28)24-11-15-10-16(22)7-8-17(15)23/h2-8,10,12,18H,9,11H2,1H3,(H,24,28)(H,25,27)/t18-/m0/s1. The van der Waals surface area contributed by atoms with E-state index in [2.05, 4.69) is 15.6 Å². The second-order valence-corrected chi connectivity index (χ2v) is 6.43. The molecule has 0 bridgehead atoms. The number of oxazole rings is 1. The van der Waals surface area contributed by atoms with Gasteiger partial charge in [-0.15, -0.1) is 0 Å². The minimum absolute atomic E-state index is 0.0160. The van der Waals surface area contributed by atoms with E-state index in [9.17, 15) is 18.4 Å². The number of benzene rings is 2. The number of carbonyl (C=O) groups excluding carboxylic acids is 2. The van der Waals surface area contributed by atoms with E-state index in [1.807, 2.05) is 30.3 Å². The predicted molar refractivity (Wildman–Crippen MR) is 101 cm³/mol. The first-order valence-corrected chi connectivity index (χ1v) is 8.91. The van der Waals surface area contributed by atoms with Crippen molar-refractivity contribution in [1.29, 1.82) is 0 Å². The topological polar surface area (TPSA) is 84.2 Å². The van der Waals surface area contributed by atoms with Gasteiger partial charge in [0.15, 0.2) is 5.69 Å². The van der Waals surface area contributed by atoms with Gasteiger partial charge >= 0.3 is 0 Å². The molecule has 0 aliphatic rings. The van der Waals surface area contributed by atoms with Crippen LogP contribution >= 0.6 is 0 Å². The van der Waals surface area contributed by atoms with Crippen LogP contribution in [0.15, 0.2) is 59.2 Å². The molecule has 0 radical (unpaired) electrons. The monoisotopic (exact) mass is 399 g/mol. The zero-order valence-electron chi connectivity index (χ0n) is 15.6. The first-order valence-electron chi connectivity index (χ1n) is 8.91. The van der Waals surface area contributed by atoms with E-state index in [1.54, 1.807) is 0 Å². The molecule has 150 valence electrons. The summed E-state index contributed by atoms with van der Waals surface area (Å²) >= 11 is 0. The average Bonchev–Trinajstić information content (AvgIpc) is 3.19. The fraction of sp³-hybridized carbons (Fsp3) is 0.190. The smallest absolute Gasteiger partial charge is 0.273 e. The number of nitrogens with one attached hydrogen (secondary N) is 2. The molecule has 0 aliphatic heterocycles. The lowest BCUT2D eigenvalue weighted by molar-refractivity contribution is -0.119. The van der Waals surface area contributed by atoms with Crippen LogP contribution in [0.2, 0.25) is 0 Å². The zero-order valence-corrected chi connectivity index (χ0v) is 15.6. The van der Waals surface area contributed by atoms with Crippen LogP contribution in [0.3, 0.4) is 0 Å². The summed E-state index contributed by atoms with van der Waals surface area (Å²) in [7, 11) is 0. The zero-order chi connectivity index (χ0) is 20.8. The Morgan fingerprint density at radius 1 is 1.14 bits per heavy atom. The van der Waals surface area contributed by atoms with E-state index in [0.29, 0.717) is 6.42 Å². The molecule has 0 aliphatic carbocycles. The molecule has 29 heavy (non-hydrogen) atoms. The van der Waals surface area contributed by atoms with Crippen molar-refractivity contribution in [3.8, 4) is 0 Å². The Labute approximate surface area is 166 Å². The molecule has 0 saturated heterocycles. The second-order valence-electron chi connectivity index (χ2n) is 6.43. The Balaban J connectivity index is 1.70. The Kier molecular flexibility index (Phi) is 6.33. The van der Waals surface area contributed by atoms with Crippen molar-refractivity contribution in [3.63, 3.8) is 0 Å². The molecule has 6 nitrogen and oxygen atoms in total. The second kappa shape index (κ2) is 9.09. The number of halogens is 2. The van der Waals surface area contributed by atoms with Crippen molar-refractivity contribution in [3.05, 3.63) is 89.1 Å². The average molecular weight is 399 g/mol. The molecule has 0 unspecified atom stereocenters. The molecule has 0 fully saturated rings. The Hall–Kier alpha value is -3.55. The minimum atomic E-state index is -0.624. The minimum Gasteiger partial charge on any atom is -0.446 e. The Bertz CT molecular complexity index is 1010. The molecular weight excluding hydrogens is 380 g/mol. The van der Waals surface area contributed by atoms with E-state index in [1.165, 1.54) is 6.92 Å². The van der Waals surface area contributed by atoms with Crippen LogP contribution < -0.4 is 10.6 Å². The van der Waals surface area contributed by atoms with Crippen LogP contribution in [0.5, 0.6) is 0 Å². The van der Waals surface area contributed by atoms with Crippen molar-refractivity contribution < 1.29 is 22.8 Å². The number of nitrogens with zero attached hydrogens (tertiary/aromatic N) is 1. The third-order valence-corrected chi connectivity index (χ3v) is 4.16. The largest absolute Gasteiger partial charge is 0.446 e.